The van der Waals surface area contributed by atoms with Gasteiger partial charge in [-0.15, -0.1) is 0 Å². The summed E-state index contributed by atoms with van der Waals surface area (Å²) in [6.45, 7) is 1.75. The van der Waals surface area contributed by atoms with Gasteiger partial charge in [0.2, 0.25) is 5.89 Å². The maximum absolute atomic E-state index is 12.4. The molecule has 0 radical (unpaired) electrons. The summed E-state index contributed by atoms with van der Waals surface area (Å²) in [7, 11) is -3.25. The van der Waals surface area contributed by atoms with Crippen LogP contribution in [-0.2, 0) is 22.0 Å². The number of hydrogen-bond acceptors (Lipinski definition) is 4. The lowest BCUT2D eigenvalue weighted by Gasteiger charge is -2.03. The van der Waals surface area contributed by atoms with Gasteiger partial charge in [-0.05, 0) is 31.0 Å². The summed E-state index contributed by atoms with van der Waals surface area (Å²) < 4.78 is 30.4. The van der Waals surface area contributed by atoms with Crippen LogP contribution in [0.1, 0.15) is 17.0 Å². The lowest BCUT2D eigenvalue weighted by molar-refractivity contribution is 0.539. The van der Waals surface area contributed by atoms with E-state index in [-0.39, 0.29) is 11.5 Å². The van der Waals surface area contributed by atoms with E-state index in [9.17, 15) is 8.42 Å². The topological polar surface area (TPSA) is 60.2 Å². The average Bonchev–Trinajstić information content (AvgIpc) is 2.95. The van der Waals surface area contributed by atoms with Gasteiger partial charge in [-0.2, -0.15) is 0 Å². The van der Waals surface area contributed by atoms with Crippen LogP contribution >= 0.6 is 0 Å². The number of aromatic nitrogens is 1. The average molecular weight is 341 g/mol. The zero-order valence-electron chi connectivity index (χ0n) is 13.5. The normalized spacial score (nSPS) is 11.5. The summed E-state index contributed by atoms with van der Waals surface area (Å²) in [5.74, 6) is 1.02. The van der Waals surface area contributed by atoms with Gasteiger partial charge in [-0.1, -0.05) is 48.5 Å². The number of sulfone groups is 1. The molecular formula is C19H19NO3S. The van der Waals surface area contributed by atoms with Gasteiger partial charge in [0.1, 0.15) is 5.76 Å². The number of hydrogen-bond donors (Lipinski definition) is 0. The molecule has 0 N–H and O–H groups in total. The van der Waals surface area contributed by atoms with Gasteiger partial charge in [0, 0.05) is 5.56 Å². The van der Waals surface area contributed by atoms with E-state index < -0.39 is 9.84 Å². The van der Waals surface area contributed by atoms with E-state index in [4.69, 9.17) is 4.42 Å². The Morgan fingerprint density at radius 3 is 2.25 bits per heavy atom. The lowest BCUT2D eigenvalue weighted by atomic mass is 10.2. The summed E-state index contributed by atoms with van der Waals surface area (Å²) in [5, 5.41) is 0. The Bertz CT molecular complexity index is 900. The number of nitrogens with zero attached hydrogens (tertiary/aromatic N) is 1. The van der Waals surface area contributed by atoms with E-state index >= 15 is 0 Å². The highest BCUT2D eigenvalue weighted by Crippen LogP contribution is 2.22. The minimum atomic E-state index is -3.25. The molecule has 0 spiro atoms. The maximum Gasteiger partial charge on any atom is 0.226 e. The van der Waals surface area contributed by atoms with Gasteiger partial charge in [0.05, 0.1) is 17.2 Å². The Labute approximate surface area is 142 Å². The highest BCUT2D eigenvalue weighted by molar-refractivity contribution is 7.90. The first kappa shape index (κ1) is 16.5. The van der Waals surface area contributed by atoms with Crippen molar-refractivity contribution in [2.75, 3.05) is 5.75 Å². The van der Waals surface area contributed by atoms with Crippen molar-refractivity contribution < 1.29 is 12.8 Å². The third-order valence-corrected chi connectivity index (χ3v) is 5.35. The molecule has 0 aliphatic rings. The van der Waals surface area contributed by atoms with Gasteiger partial charge in [-0.25, -0.2) is 13.4 Å². The Kier molecular flexibility index (Phi) is 4.81. The van der Waals surface area contributed by atoms with Crippen LogP contribution in [0.3, 0.4) is 0 Å². The number of oxazole rings is 1. The SMILES string of the molecule is Cc1oc(-c2ccccc2)nc1CS(=O)(=O)CCc1ccccc1. The highest BCUT2D eigenvalue weighted by Gasteiger charge is 2.19. The predicted octanol–water partition coefficient (Wildman–Crippen LogP) is 3.81. The number of rotatable bonds is 6. The van der Waals surface area contributed by atoms with E-state index in [1.807, 2.05) is 60.7 Å². The summed E-state index contributed by atoms with van der Waals surface area (Å²) in [6, 6.07) is 19.1. The molecule has 0 amide bonds. The summed E-state index contributed by atoms with van der Waals surface area (Å²) in [4.78, 5) is 4.37. The number of aryl methyl sites for hydroxylation is 2. The molecule has 5 heteroatoms. The molecule has 0 atom stereocenters. The van der Waals surface area contributed by atoms with Crippen LogP contribution in [0.15, 0.2) is 65.1 Å². The van der Waals surface area contributed by atoms with Gasteiger partial charge in [-0.3, -0.25) is 0 Å². The maximum atomic E-state index is 12.4. The van der Waals surface area contributed by atoms with Crippen LogP contribution in [0.5, 0.6) is 0 Å². The largest absolute Gasteiger partial charge is 0.441 e. The lowest BCUT2D eigenvalue weighted by Crippen LogP contribution is -2.12. The Morgan fingerprint density at radius 2 is 1.58 bits per heavy atom. The first-order valence-corrected chi connectivity index (χ1v) is 9.62. The number of benzene rings is 2. The molecule has 2 aromatic carbocycles. The van der Waals surface area contributed by atoms with Crippen molar-refractivity contribution in [2.45, 2.75) is 19.1 Å². The van der Waals surface area contributed by atoms with E-state index in [1.54, 1.807) is 6.92 Å². The zero-order valence-corrected chi connectivity index (χ0v) is 14.3. The molecule has 0 bridgehead atoms. The van der Waals surface area contributed by atoms with Crippen LogP contribution in [0.4, 0.5) is 0 Å². The van der Waals surface area contributed by atoms with Crippen molar-refractivity contribution in [3.63, 3.8) is 0 Å². The molecule has 124 valence electrons. The van der Waals surface area contributed by atoms with Crippen LogP contribution in [0, 0.1) is 6.92 Å². The van der Waals surface area contributed by atoms with Gasteiger partial charge in [0.15, 0.2) is 9.84 Å². The zero-order chi connectivity index (χ0) is 17.0. The first-order chi connectivity index (χ1) is 11.5. The fourth-order valence-electron chi connectivity index (χ4n) is 2.46. The van der Waals surface area contributed by atoms with Crippen LogP contribution in [0.25, 0.3) is 11.5 Å². The van der Waals surface area contributed by atoms with E-state index in [2.05, 4.69) is 4.98 Å². The molecule has 24 heavy (non-hydrogen) atoms. The van der Waals surface area contributed by atoms with E-state index in [0.717, 1.165) is 11.1 Å². The second kappa shape index (κ2) is 7.01. The highest BCUT2D eigenvalue weighted by atomic mass is 32.2. The smallest absolute Gasteiger partial charge is 0.226 e. The second-order valence-corrected chi connectivity index (χ2v) is 7.90. The van der Waals surface area contributed by atoms with Crippen molar-refractivity contribution >= 4 is 9.84 Å². The molecule has 3 aromatic rings. The fraction of sp³-hybridized carbons (Fsp3) is 0.211. The van der Waals surface area contributed by atoms with Crippen LogP contribution in [0.2, 0.25) is 0 Å². The Hall–Kier alpha value is -2.40. The predicted molar refractivity (Wildman–Crippen MR) is 94.3 cm³/mol. The van der Waals surface area contributed by atoms with Gasteiger partial charge >= 0.3 is 0 Å². The van der Waals surface area contributed by atoms with Crippen molar-refractivity contribution in [1.29, 1.82) is 0 Å². The van der Waals surface area contributed by atoms with Crippen LogP contribution in [-0.4, -0.2) is 19.2 Å². The van der Waals surface area contributed by atoms with Crippen molar-refractivity contribution in [1.82, 2.24) is 4.98 Å². The summed E-state index contributed by atoms with van der Waals surface area (Å²) in [6.07, 6.45) is 0.506. The summed E-state index contributed by atoms with van der Waals surface area (Å²) in [5.41, 5.74) is 2.35. The third-order valence-electron chi connectivity index (χ3n) is 3.81. The fourth-order valence-corrected chi connectivity index (χ4v) is 3.84. The van der Waals surface area contributed by atoms with E-state index in [1.165, 1.54) is 0 Å². The van der Waals surface area contributed by atoms with E-state index in [0.29, 0.717) is 23.8 Å². The molecular weight excluding hydrogens is 322 g/mol. The quantitative estimate of drug-likeness (QED) is 0.684. The Morgan fingerprint density at radius 1 is 0.958 bits per heavy atom. The first-order valence-electron chi connectivity index (χ1n) is 7.79. The molecule has 0 saturated heterocycles. The minimum Gasteiger partial charge on any atom is -0.441 e. The molecule has 3 rings (SSSR count). The van der Waals surface area contributed by atoms with Gasteiger partial charge < -0.3 is 4.42 Å². The molecule has 1 heterocycles. The monoisotopic (exact) mass is 341 g/mol. The molecule has 0 aliphatic heterocycles. The third kappa shape index (κ3) is 4.11. The summed E-state index contributed by atoms with van der Waals surface area (Å²) >= 11 is 0. The van der Waals surface area contributed by atoms with Gasteiger partial charge in [0.25, 0.3) is 0 Å². The Balaban J connectivity index is 1.72. The van der Waals surface area contributed by atoms with Crippen LogP contribution < -0.4 is 0 Å². The molecule has 1 aromatic heterocycles. The molecule has 4 nitrogen and oxygen atoms in total. The minimum absolute atomic E-state index is 0.0952. The molecule has 0 fully saturated rings. The van der Waals surface area contributed by atoms with Crippen molar-refractivity contribution in [3.8, 4) is 11.5 Å². The second-order valence-electron chi connectivity index (χ2n) is 5.72. The standard InChI is InChI=1S/C19H19NO3S/c1-15-18(20-19(23-15)17-10-6-3-7-11-17)14-24(21,22)13-12-16-8-4-2-5-9-16/h2-11H,12-14H2,1H3. The van der Waals surface area contributed by atoms with Crippen molar-refractivity contribution in [2.24, 2.45) is 0 Å². The molecule has 0 aliphatic carbocycles. The van der Waals surface area contributed by atoms with Crippen molar-refractivity contribution in [3.05, 3.63) is 77.7 Å². The molecule has 0 unspecified atom stereocenters. The molecule has 0 saturated carbocycles.